The van der Waals surface area contributed by atoms with Gasteiger partial charge in [0.1, 0.15) is 11.4 Å². The maximum Gasteiger partial charge on any atom is 0.102 e. The van der Waals surface area contributed by atoms with Crippen molar-refractivity contribution in [2.75, 3.05) is 0 Å². The Hall–Kier alpha value is -2.12. The van der Waals surface area contributed by atoms with Crippen molar-refractivity contribution < 1.29 is 0 Å². The van der Waals surface area contributed by atoms with Crippen LogP contribution in [0.15, 0.2) is 70.1 Å². The van der Waals surface area contributed by atoms with E-state index >= 15 is 0 Å². The van der Waals surface area contributed by atoms with E-state index in [-0.39, 0.29) is 0 Å². The standard InChI is InChI=1S/C22H16N2S4/c1-5-15(25-9-1)13-17-21(19-7-3-11-27-19)24-18(14-16-6-2-10-26-16)22(23-17)20-8-4-12-28-20/h1-12H,13-14H2. The van der Waals surface area contributed by atoms with Gasteiger partial charge in [-0.15, -0.1) is 45.3 Å². The molecule has 0 unspecified atom stereocenters. The van der Waals surface area contributed by atoms with Gasteiger partial charge in [0.2, 0.25) is 0 Å². The Bertz CT molecular complexity index is 1050. The lowest BCUT2D eigenvalue weighted by molar-refractivity contribution is 0.999. The molecule has 0 atom stereocenters. The zero-order chi connectivity index (χ0) is 18.8. The SMILES string of the molecule is c1csc(Cc2nc(-c3cccs3)c(Cc3cccs3)nc2-c2cccs2)c1. The lowest BCUT2D eigenvalue weighted by Crippen LogP contribution is -2.05. The highest BCUT2D eigenvalue weighted by molar-refractivity contribution is 7.14. The molecule has 5 aromatic heterocycles. The van der Waals surface area contributed by atoms with Crippen molar-refractivity contribution in [1.29, 1.82) is 0 Å². The summed E-state index contributed by atoms with van der Waals surface area (Å²) in [5, 5.41) is 8.47. The number of hydrogen-bond donors (Lipinski definition) is 0. The molecule has 0 saturated heterocycles. The Kier molecular flexibility index (Phi) is 5.18. The van der Waals surface area contributed by atoms with Crippen LogP contribution in [-0.4, -0.2) is 9.97 Å². The van der Waals surface area contributed by atoms with Gasteiger partial charge in [0, 0.05) is 22.6 Å². The van der Waals surface area contributed by atoms with E-state index in [1.807, 2.05) is 0 Å². The second-order valence-electron chi connectivity index (χ2n) is 6.28. The van der Waals surface area contributed by atoms with Crippen molar-refractivity contribution in [3.8, 4) is 21.1 Å². The van der Waals surface area contributed by atoms with Crippen LogP contribution >= 0.6 is 45.3 Å². The van der Waals surface area contributed by atoms with Gasteiger partial charge in [-0.2, -0.15) is 0 Å². The van der Waals surface area contributed by atoms with Crippen LogP contribution in [0.4, 0.5) is 0 Å². The second-order valence-corrected chi connectivity index (χ2v) is 10.2. The minimum absolute atomic E-state index is 0.815. The highest BCUT2D eigenvalue weighted by atomic mass is 32.1. The van der Waals surface area contributed by atoms with Crippen LogP contribution in [0.5, 0.6) is 0 Å². The monoisotopic (exact) mass is 436 g/mol. The molecule has 5 rings (SSSR count). The molecule has 0 aromatic carbocycles. The van der Waals surface area contributed by atoms with E-state index < -0.39 is 0 Å². The molecule has 6 heteroatoms. The summed E-state index contributed by atoms with van der Waals surface area (Å²) in [5.41, 5.74) is 4.16. The van der Waals surface area contributed by atoms with E-state index in [0.717, 1.165) is 35.6 Å². The molecule has 0 radical (unpaired) electrons. The Morgan fingerprint density at radius 1 is 0.536 bits per heavy atom. The van der Waals surface area contributed by atoms with Crippen molar-refractivity contribution in [1.82, 2.24) is 9.97 Å². The van der Waals surface area contributed by atoms with E-state index in [9.17, 15) is 0 Å². The van der Waals surface area contributed by atoms with Crippen molar-refractivity contribution in [2.45, 2.75) is 12.8 Å². The molecule has 0 amide bonds. The Morgan fingerprint density at radius 3 is 1.32 bits per heavy atom. The highest BCUT2D eigenvalue weighted by Crippen LogP contribution is 2.34. The Morgan fingerprint density at radius 2 is 0.964 bits per heavy atom. The van der Waals surface area contributed by atoms with Gasteiger partial charge in [0.25, 0.3) is 0 Å². The summed E-state index contributed by atoms with van der Waals surface area (Å²) in [4.78, 5) is 15.4. The minimum Gasteiger partial charge on any atom is -0.247 e. The van der Waals surface area contributed by atoms with E-state index in [2.05, 4.69) is 70.1 Å². The van der Waals surface area contributed by atoms with E-state index in [4.69, 9.17) is 9.97 Å². The maximum absolute atomic E-state index is 5.19. The number of aromatic nitrogens is 2. The van der Waals surface area contributed by atoms with Crippen LogP contribution in [-0.2, 0) is 12.8 Å². The molecule has 0 fully saturated rings. The molecular weight excluding hydrogens is 421 g/mol. The number of rotatable bonds is 6. The zero-order valence-electron chi connectivity index (χ0n) is 14.9. The smallest absolute Gasteiger partial charge is 0.102 e. The molecule has 0 aliphatic rings. The zero-order valence-corrected chi connectivity index (χ0v) is 18.1. The first-order chi connectivity index (χ1) is 13.9. The first-order valence-electron chi connectivity index (χ1n) is 8.89. The van der Waals surface area contributed by atoms with Gasteiger partial charge >= 0.3 is 0 Å². The normalized spacial score (nSPS) is 11.1. The number of thiophene rings is 4. The van der Waals surface area contributed by atoms with E-state index in [1.54, 1.807) is 45.3 Å². The molecule has 2 nitrogen and oxygen atoms in total. The molecule has 5 heterocycles. The summed E-state index contributed by atoms with van der Waals surface area (Å²) in [6, 6.07) is 17.0. The topological polar surface area (TPSA) is 25.8 Å². The molecule has 28 heavy (non-hydrogen) atoms. The molecule has 0 N–H and O–H groups in total. The summed E-state index contributed by atoms with van der Waals surface area (Å²) in [5.74, 6) is 0. The Balaban J connectivity index is 1.68. The average molecular weight is 437 g/mol. The molecule has 0 bridgehead atoms. The quantitative estimate of drug-likeness (QED) is 0.280. The van der Waals surface area contributed by atoms with Crippen molar-refractivity contribution in [3.05, 3.63) is 91.2 Å². The number of hydrogen-bond acceptors (Lipinski definition) is 6. The van der Waals surface area contributed by atoms with Gasteiger partial charge in [-0.3, -0.25) is 0 Å². The van der Waals surface area contributed by atoms with Crippen LogP contribution in [0.2, 0.25) is 0 Å². The van der Waals surface area contributed by atoms with Crippen molar-refractivity contribution >= 4 is 45.3 Å². The number of nitrogens with zero attached hydrogens (tertiary/aromatic N) is 2. The molecule has 0 spiro atoms. The van der Waals surface area contributed by atoms with Crippen molar-refractivity contribution in [3.63, 3.8) is 0 Å². The maximum atomic E-state index is 5.19. The largest absolute Gasteiger partial charge is 0.247 e. The minimum atomic E-state index is 0.815. The summed E-state index contributed by atoms with van der Waals surface area (Å²) in [6.07, 6.45) is 1.63. The molecule has 138 valence electrons. The average Bonchev–Trinajstić information content (AvgIpc) is 3.50. The van der Waals surface area contributed by atoms with Gasteiger partial charge in [-0.1, -0.05) is 24.3 Å². The molecule has 0 saturated carbocycles. The van der Waals surface area contributed by atoms with Gasteiger partial charge in [-0.25, -0.2) is 9.97 Å². The van der Waals surface area contributed by atoms with Crippen LogP contribution < -0.4 is 0 Å². The van der Waals surface area contributed by atoms with Crippen molar-refractivity contribution in [2.24, 2.45) is 0 Å². The summed E-state index contributed by atoms with van der Waals surface area (Å²) in [7, 11) is 0. The molecule has 0 aliphatic carbocycles. The van der Waals surface area contributed by atoms with Gasteiger partial charge < -0.3 is 0 Å². The second kappa shape index (κ2) is 8.09. The van der Waals surface area contributed by atoms with Gasteiger partial charge in [0.05, 0.1) is 21.1 Å². The first kappa shape index (κ1) is 17.9. The van der Waals surface area contributed by atoms with Crippen LogP contribution in [0, 0.1) is 0 Å². The third kappa shape index (κ3) is 3.73. The van der Waals surface area contributed by atoms with Gasteiger partial charge in [0.15, 0.2) is 0 Å². The summed E-state index contributed by atoms with van der Waals surface area (Å²) < 4.78 is 0. The van der Waals surface area contributed by atoms with E-state index in [1.165, 1.54) is 19.5 Å². The molecule has 5 aromatic rings. The summed E-state index contributed by atoms with van der Waals surface area (Å²) >= 11 is 7.01. The lowest BCUT2D eigenvalue weighted by Gasteiger charge is -2.13. The Labute approximate surface area is 179 Å². The predicted molar refractivity (Wildman–Crippen MR) is 123 cm³/mol. The molecule has 0 aliphatic heterocycles. The van der Waals surface area contributed by atoms with Gasteiger partial charge in [-0.05, 0) is 45.8 Å². The van der Waals surface area contributed by atoms with Crippen LogP contribution in [0.25, 0.3) is 21.1 Å². The highest BCUT2D eigenvalue weighted by Gasteiger charge is 2.19. The fourth-order valence-corrected chi connectivity index (χ4v) is 6.02. The van der Waals surface area contributed by atoms with Crippen LogP contribution in [0.3, 0.4) is 0 Å². The fourth-order valence-electron chi connectivity index (χ4n) is 3.13. The van der Waals surface area contributed by atoms with Crippen LogP contribution in [0.1, 0.15) is 21.1 Å². The fraction of sp³-hybridized carbons (Fsp3) is 0.0909. The third-order valence-electron chi connectivity index (χ3n) is 4.39. The first-order valence-corrected chi connectivity index (χ1v) is 12.4. The predicted octanol–water partition coefficient (Wildman–Crippen LogP) is 7.24. The van der Waals surface area contributed by atoms with E-state index in [0.29, 0.717) is 0 Å². The lowest BCUT2D eigenvalue weighted by atomic mass is 10.1. The molecular formula is C22H16N2S4. The third-order valence-corrected chi connectivity index (χ3v) is 7.90. The summed E-state index contributed by atoms with van der Waals surface area (Å²) in [6.45, 7) is 0.